The smallest absolute Gasteiger partial charge is 0.255 e. The molecule has 0 saturated heterocycles. The molecule has 0 atom stereocenters. The molecule has 1 N–H and O–H groups in total. The zero-order chi connectivity index (χ0) is 21.7. The normalized spacial score (nSPS) is 11.6. The van der Waals surface area contributed by atoms with Crippen molar-refractivity contribution in [3.63, 3.8) is 0 Å². The van der Waals surface area contributed by atoms with Gasteiger partial charge in [-0.2, -0.15) is 4.98 Å². The van der Waals surface area contributed by atoms with E-state index in [9.17, 15) is 8.42 Å². The number of benzene rings is 2. The molecule has 0 amide bonds. The molecule has 0 saturated carbocycles. The highest BCUT2D eigenvalue weighted by Gasteiger charge is 2.14. The van der Waals surface area contributed by atoms with E-state index in [1.54, 1.807) is 36.7 Å². The number of rotatable bonds is 7. The van der Waals surface area contributed by atoms with Crippen LogP contribution in [0.1, 0.15) is 22.6 Å². The van der Waals surface area contributed by atoms with Crippen LogP contribution < -0.4 is 4.72 Å². The van der Waals surface area contributed by atoms with Crippen molar-refractivity contribution in [1.82, 2.24) is 15.1 Å². The first-order valence-corrected chi connectivity index (χ1v) is 11.1. The highest BCUT2D eigenvalue weighted by atomic mass is 32.2. The lowest BCUT2D eigenvalue weighted by Gasteiger charge is -2.09. The predicted molar refractivity (Wildman–Crippen MR) is 120 cm³/mol. The van der Waals surface area contributed by atoms with E-state index in [4.69, 9.17) is 4.52 Å². The maximum atomic E-state index is 12.6. The van der Waals surface area contributed by atoms with Gasteiger partial charge in [0.25, 0.3) is 10.0 Å². The Bertz CT molecular complexity index is 1300. The van der Waals surface area contributed by atoms with Gasteiger partial charge in [0.1, 0.15) is 0 Å². The van der Waals surface area contributed by atoms with E-state index in [0.717, 1.165) is 27.7 Å². The predicted octanol–water partition coefficient (Wildman–Crippen LogP) is 4.44. The molecule has 0 aliphatic heterocycles. The number of hydrogen-bond donors (Lipinski definition) is 1. The Morgan fingerprint density at radius 3 is 2.61 bits per heavy atom. The number of aryl methyl sites for hydroxylation is 1. The molecule has 4 aromatic rings. The summed E-state index contributed by atoms with van der Waals surface area (Å²) in [5.74, 6) is 0.808. The minimum absolute atomic E-state index is 0.285. The average Bonchev–Trinajstić information content (AvgIpc) is 3.24. The van der Waals surface area contributed by atoms with E-state index in [-0.39, 0.29) is 6.42 Å². The van der Waals surface area contributed by atoms with Gasteiger partial charge >= 0.3 is 0 Å². The minimum Gasteiger partial charge on any atom is -0.339 e. The Kier molecular flexibility index (Phi) is 5.90. The quantitative estimate of drug-likeness (QED) is 0.463. The van der Waals surface area contributed by atoms with E-state index >= 15 is 0 Å². The molecule has 0 radical (unpaired) electrons. The zero-order valence-corrected chi connectivity index (χ0v) is 17.6. The summed E-state index contributed by atoms with van der Waals surface area (Å²) in [5.41, 5.74) is 3.83. The third kappa shape index (κ3) is 5.43. The molecule has 4 rings (SSSR count). The fraction of sp³-hybridized carbons (Fsp3) is 0.0870. The topological polar surface area (TPSA) is 98.0 Å². The van der Waals surface area contributed by atoms with E-state index in [1.165, 1.54) is 0 Å². The van der Waals surface area contributed by atoms with Crippen molar-refractivity contribution in [2.75, 3.05) is 4.72 Å². The molecule has 31 heavy (non-hydrogen) atoms. The van der Waals surface area contributed by atoms with Crippen LogP contribution in [0.4, 0.5) is 5.69 Å². The number of nitrogens with zero attached hydrogens (tertiary/aromatic N) is 3. The number of pyridine rings is 1. The average molecular weight is 433 g/mol. The first-order valence-electron chi connectivity index (χ1n) is 9.57. The summed E-state index contributed by atoms with van der Waals surface area (Å²) < 4.78 is 33.1. The molecule has 0 unspecified atom stereocenters. The van der Waals surface area contributed by atoms with Crippen molar-refractivity contribution in [2.45, 2.75) is 13.3 Å². The van der Waals surface area contributed by atoms with Crippen molar-refractivity contribution in [1.29, 1.82) is 0 Å². The van der Waals surface area contributed by atoms with Crippen LogP contribution in [0.3, 0.4) is 0 Å². The van der Waals surface area contributed by atoms with Gasteiger partial charge < -0.3 is 4.52 Å². The van der Waals surface area contributed by atoms with Gasteiger partial charge in [0.15, 0.2) is 0 Å². The summed E-state index contributed by atoms with van der Waals surface area (Å²) in [6.07, 6.45) is 5.16. The van der Waals surface area contributed by atoms with Crippen molar-refractivity contribution in [3.8, 4) is 11.4 Å². The number of sulfonamides is 1. The van der Waals surface area contributed by atoms with Gasteiger partial charge in [-0.3, -0.25) is 9.71 Å². The lowest BCUT2D eigenvalue weighted by atomic mass is 10.1. The van der Waals surface area contributed by atoms with E-state index in [0.29, 0.717) is 17.4 Å². The van der Waals surface area contributed by atoms with Gasteiger partial charge in [0.05, 0.1) is 17.5 Å². The Balaban J connectivity index is 1.51. The Morgan fingerprint density at radius 2 is 1.84 bits per heavy atom. The number of aromatic nitrogens is 3. The summed E-state index contributed by atoms with van der Waals surface area (Å²) in [5, 5.41) is 5.13. The molecule has 0 fully saturated rings. The van der Waals surface area contributed by atoms with Gasteiger partial charge in [-0.25, -0.2) is 8.42 Å². The highest BCUT2D eigenvalue weighted by molar-refractivity contribution is 7.95. The summed E-state index contributed by atoms with van der Waals surface area (Å²) in [4.78, 5) is 8.43. The zero-order valence-electron chi connectivity index (χ0n) is 16.8. The molecule has 0 aliphatic rings. The molecule has 2 heterocycles. The third-order valence-corrected chi connectivity index (χ3v) is 5.51. The fourth-order valence-corrected chi connectivity index (χ4v) is 3.82. The SMILES string of the molecule is Cc1ccc(/C=C/S(=O)(=O)Nc2ccccc2Cc2nc(-c3cccnc3)no2)cc1. The number of nitrogens with one attached hydrogen (secondary N) is 1. The largest absolute Gasteiger partial charge is 0.339 e. The monoisotopic (exact) mass is 432 g/mol. The fourth-order valence-electron chi connectivity index (χ4n) is 2.91. The Morgan fingerprint density at radius 1 is 1.03 bits per heavy atom. The highest BCUT2D eigenvalue weighted by Crippen LogP contribution is 2.22. The number of hydrogen-bond acceptors (Lipinski definition) is 6. The van der Waals surface area contributed by atoms with Crippen LogP contribution in [0.25, 0.3) is 17.5 Å². The lowest BCUT2D eigenvalue weighted by Crippen LogP contribution is -2.10. The van der Waals surface area contributed by atoms with Crippen molar-refractivity contribution >= 4 is 21.8 Å². The van der Waals surface area contributed by atoms with Crippen LogP contribution in [0.2, 0.25) is 0 Å². The Hall–Kier alpha value is -3.78. The molecule has 8 heteroatoms. The third-order valence-electron chi connectivity index (χ3n) is 4.52. The summed E-state index contributed by atoms with van der Waals surface area (Å²) in [6.45, 7) is 1.98. The molecule has 156 valence electrons. The summed E-state index contributed by atoms with van der Waals surface area (Å²) in [7, 11) is -3.70. The van der Waals surface area contributed by atoms with Crippen LogP contribution >= 0.6 is 0 Å². The maximum Gasteiger partial charge on any atom is 0.255 e. The van der Waals surface area contributed by atoms with Crippen LogP contribution in [0, 0.1) is 6.92 Å². The van der Waals surface area contributed by atoms with Crippen LogP contribution in [0.5, 0.6) is 0 Å². The van der Waals surface area contributed by atoms with Gasteiger partial charge in [-0.05, 0) is 42.3 Å². The van der Waals surface area contributed by atoms with Crippen molar-refractivity contribution < 1.29 is 12.9 Å². The molecule has 2 aromatic heterocycles. The second-order valence-corrected chi connectivity index (χ2v) is 8.51. The standard InChI is InChI=1S/C23H20N4O3S/c1-17-8-10-18(11-9-17)12-14-31(28,29)27-21-7-3-2-5-19(21)15-22-25-23(26-30-22)20-6-4-13-24-16-20/h2-14,16,27H,15H2,1H3/b14-12+. The molecule has 2 aromatic carbocycles. The minimum atomic E-state index is -3.70. The van der Waals surface area contributed by atoms with E-state index < -0.39 is 10.0 Å². The maximum absolute atomic E-state index is 12.6. The van der Waals surface area contributed by atoms with E-state index in [2.05, 4.69) is 19.8 Å². The van der Waals surface area contributed by atoms with Crippen LogP contribution in [-0.2, 0) is 16.4 Å². The van der Waals surface area contributed by atoms with Crippen molar-refractivity contribution in [2.24, 2.45) is 0 Å². The van der Waals surface area contributed by atoms with E-state index in [1.807, 2.05) is 49.4 Å². The first kappa shape index (κ1) is 20.5. The molecular formula is C23H20N4O3S. The van der Waals surface area contributed by atoms with Gasteiger partial charge in [0.2, 0.25) is 11.7 Å². The van der Waals surface area contributed by atoms with Gasteiger partial charge in [-0.15, -0.1) is 0 Å². The summed E-state index contributed by atoms with van der Waals surface area (Å²) >= 11 is 0. The summed E-state index contributed by atoms with van der Waals surface area (Å²) in [6, 6.07) is 18.3. The van der Waals surface area contributed by atoms with Gasteiger partial charge in [-0.1, -0.05) is 53.2 Å². The first-order chi connectivity index (χ1) is 15.0. The lowest BCUT2D eigenvalue weighted by molar-refractivity contribution is 0.386. The number of para-hydroxylation sites is 1. The molecule has 0 spiro atoms. The number of anilines is 1. The second-order valence-electron chi connectivity index (χ2n) is 6.95. The van der Waals surface area contributed by atoms with Crippen LogP contribution in [-0.4, -0.2) is 23.5 Å². The molecular weight excluding hydrogens is 412 g/mol. The second kappa shape index (κ2) is 8.93. The molecule has 0 bridgehead atoms. The molecule has 7 nitrogen and oxygen atoms in total. The van der Waals surface area contributed by atoms with Crippen molar-refractivity contribution in [3.05, 3.63) is 101 Å². The Labute approximate surface area is 180 Å². The van der Waals surface area contributed by atoms with Crippen LogP contribution in [0.15, 0.2) is 83.0 Å². The van der Waals surface area contributed by atoms with Gasteiger partial charge in [0, 0.05) is 18.0 Å². The molecule has 0 aliphatic carbocycles.